The van der Waals surface area contributed by atoms with E-state index in [0.29, 0.717) is 5.91 Å². The van der Waals surface area contributed by atoms with E-state index in [4.69, 9.17) is 4.74 Å². The Kier molecular flexibility index (Phi) is 4.62. The highest BCUT2D eigenvalue weighted by molar-refractivity contribution is 5.81. The zero-order chi connectivity index (χ0) is 15.4. The van der Waals surface area contributed by atoms with Crippen molar-refractivity contribution in [2.45, 2.75) is 25.7 Å². The van der Waals surface area contributed by atoms with Crippen molar-refractivity contribution in [3.63, 3.8) is 0 Å². The Hall–Kier alpha value is -2.03. The average molecular weight is 297 g/mol. The van der Waals surface area contributed by atoms with Crippen molar-refractivity contribution in [3.05, 3.63) is 48.1 Å². The number of amides is 1. The molecule has 1 aromatic carbocycles. The Bertz CT molecular complexity index is 586. The van der Waals surface area contributed by atoms with E-state index in [9.17, 15) is 4.79 Å². The lowest BCUT2D eigenvalue weighted by atomic mass is 9.92. The number of carbonyl (C=O) groups is 1. The molecule has 3 rings (SSSR count). The third-order valence-electron chi connectivity index (χ3n) is 4.60. The molecule has 0 fully saturated rings. The van der Waals surface area contributed by atoms with Gasteiger partial charge in [-0.05, 0) is 49.0 Å². The zero-order valence-electron chi connectivity index (χ0n) is 13.1. The predicted octanol–water partition coefficient (Wildman–Crippen LogP) is 3.67. The van der Waals surface area contributed by atoms with Crippen molar-refractivity contribution in [2.24, 2.45) is 5.92 Å². The molecule has 0 N–H and O–H groups in total. The van der Waals surface area contributed by atoms with Gasteiger partial charge in [-0.25, -0.2) is 0 Å². The molecule has 22 heavy (non-hydrogen) atoms. The van der Waals surface area contributed by atoms with Gasteiger partial charge in [-0.3, -0.25) is 4.79 Å². The average Bonchev–Trinajstić information content (AvgIpc) is 2.62. The zero-order valence-corrected chi connectivity index (χ0v) is 13.1. The van der Waals surface area contributed by atoms with Crippen molar-refractivity contribution in [2.75, 3.05) is 20.2 Å². The van der Waals surface area contributed by atoms with Gasteiger partial charge < -0.3 is 9.64 Å². The van der Waals surface area contributed by atoms with Crippen LogP contribution in [0.3, 0.4) is 0 Å². The summed E-state index contributed by atoms with van der Waals surface area (Å²) in [6, 6.07) is 8.16. The maximum atomic E-state index is 12.5. The molecule has 116 valence electrons. The van der Waals surface area contributed by atoms with Crippen molar-refractivity contribution < 1.29 is 9.53 Å². The van der Waals surface area contributed by atoms with Crippen LogP contribution in [-0.4, -0.2) is 31.0 Å². The van der Waals surface area contributed by atoms with E-state index in [-0.39, 0.29) is 5.92 Å². The molecule has 3 nitrogen and oxygen atoms in total. The summed E-state index contributed by atoms with van der Waals surface area (Å²) in [6.07, 6.45) is 10.4. The van der Waals surface area contributed by atoms with E-state index in [1.807, 2.05) is 17.0 Å². The minimum absolute atomic E-state index is 0.195. The molecule has 1 atom stereocenters. The van der Waals surface area contributed by atoms with Gasteiger partial charge in [0, 0.05) is 19.0 Å². The standard InChI is InChI=1S/C19H23NO2/c1-22-18-9-7-15(8-10-18)16-11-13-20(14-12-16)19(21)17-5-3-2-4-6-17/h2-3,7-11,17H,4-6,12-14H2,1H3. The highest BCUT2D eigenvalue weighted by Gasteiger charge is 2.25. The van der Waals surface area contributed by atoms with Crippen LogP contribution in [0.1, 0.15) is 31.2 Å². The van der Waals surface area contributed by atoms with Gasteiger partial charge in [0.25, 0.3) is 0 Å². The Balaban J connectivity index is 1.63. The fourth-order valence-corrected chi connectivity index (χ4v) is 3.21. The van der Waals surface area contributed by atoms with Crippen LogP contribution < -0.4 is 4.74 Å². The molecular formula is C19H23NO2. The number of hydrogen-bond donors (Lipinski definition) is 0. The summed E-state index contributed by atoms with van der Waals surface area (Å²) >= 11 is 0. The summed E-state index contributed by atoms with van der Waals surface area (Å²) in [4.78, 5) is 14.5. The van der Waals surface area contributed by atoms with E-state index in [0.717, 1.165) is 44.5 Å². The molecule has 1 aliphatic carbocycles. The fraction of sp³-hybridized carbons (Fsp3) is 0.421. The largest absolute Gasteiger partial charge is 0.497 e. The third kappa shape index (κ3) is 3.24. The lowest BCUT2D eigenvalue weighted by Crippen LogP contribution is -2.39. The van der Waals surface area contributed by atoms with Gasteiger partial charge in [-0.15, -0.1) is 0 Å². The summed E-state index contributed by atoms with van der Waals surface area (Å²) in [5, 5.41) is 0. The SMILES string of the molecule is COc1ccc(C2=CCN(C(=O)C3CC=CCC3)CC2)cc1. The monoisotopic (exact) mass is 297 g/mol. The molecule has 1 unspecified atom stereocenters. The number of methoxy groups -OCH3 is 1. The molecule has 1 aromatic rings. The summed E-state index contributed by atoms with van der Waals surface area (Å²) in [6.45, 7) is 1.57. The summed E-state index contributed by atoms with van der Waals surface area (Å²) in [5.41, 5.74) is 2.56. The maximum absolute atomic E-state index is 12.5. The van der Waals surface area contributed by atoms with Crippen LogP contribution in [0, 0.1) is 5.92 Å². The molecule has 0 spiro atoms. The fourth-order valence-electron chi connectivity index (χ4n) is 3.21. The first-order chi connectivity index (χ1) is 10.8. The second kappa shape index (κ2) is 6.82. The molecule has 1 amide bonds. The van der Waals surface area contributed by atoms with Gasteiger partial charge in [0.15, 0.2) is 0 Å². The van der Waals surface area contributed by atoms with Gasteiger partial charge in [-0.1, -0.05) is 30.4 Å². The minimum Gasteiger partial charge on any atom is -0.497 e. The third-order valence-corrected chi connectivity index (χ3v) is 4.60. The minimum atomic E-state index is 0.195. The maximum Gasteiger partial charge on any atom is 0.226 e. The molecule has 2 aliphatic rings. The van der Waals surface area contributed by atoms with E-state index in [2.05, 4.69) is 30.4 Å². The second-order valence-corrected chi connectivity index (χ2v) is 5.97. The molecule has 3 heteroatoms. The number of rotatable bonds is 3. The second-order valence-electron chi connectivity index (χ2n) is 5.97. The van der Waals surface area contributed by atoms with Gasteiger partial charge in [-0.2, -0.15) is 0 Å². The van der Waals surface area contributed by atoms with Crippen LogP contribution >= 0.6 is 0 Å². The van der Waals surface area contributed by atoms with E-state index >= 15 is 0 Å². The van der Waals surface area contributed by atoms with Gasteiger partial charge in [0.2, 0.25) is 5.91 Å². The van der Waals surface area contributed by atoms with E-state index in [1.54, 1.807) is 7.11 Å². The van der Waals surface area contributed by atoms with Crippen LogP contribution in [0.5, 0.6) is 5.75 Å². The summed E-state index contributed by atoms with van der Waals surface area (Å²) in [7, 11) is 1.68. The van der Waals surface area contributed by atoms with Gasteiger partial charge in [0.1, 0.15) is 5.75 Å². The van der Waals surface area contributed by atoms with Crippen LogP contribution in [0.2, 0.25) is 0 Å². The first-order valence-corrected chi connectivity index (χ1v) is 8.05. The predicted molar refractivity (Wildman–Crippen MR) is 88.6 cm³/mol. The number of benzene rings is 1. The smallest absolute Gasteiger partial charge is 0.226 e. The number of nitrogens with zero attached hydrogens (tertiary/aromatic N) is 1. The molecule has 0 saturated carbocycles. The number of allylic oxidation sites excluding steroid dienone is 2. The van der Waals surface area contributed by atoms with Crippen LogP contribution in [-0.2, 0) is 4.79 Å². The Labute approximate surface area is 132 Å². The molecule has 0 bridgehead atoms. The molecule has 0 aromatic heterocycles. The number of hydrogen-bond acceptors (Lipinski definition) is 2. The van der Waals surface area contributed by atoms with Crippen molar-refractivity contribution in [1.29, 1.82) is 0 Å². The Morgan fingerprint density at radius 2 is 2.05 bits per heavy atom. The first kappa shape index (κ1) is 14.9. The van der Waals surface area contributed by atoms with Crippen molar-refractivity contribution in [1.82, 2.24) is 4.90 Å². The molecule has 0 saturated heterocycles. The number of ether oxygens (including phenoxy) is 1. The van der Waals surface area contributed by atoms with Crippen LogP contribution in [0.25, 0.3) is 5.57 Å². The Morgan fingerprint density at radius 3 is 2.64 bits per heavy atom. The lowest BCUT2D eigenvalue weighted by molar-refractivity contribution is -0.135. The first-order valence-electron chi connectivity index (χ1n) is 8.05. The van der Waals surface area contributed by atoms with Crippen LogP contribution in [0.15, 0.2) is 42.5 Å². The summed E-state index contributed by atoms with van der Waals surface area (Å²) in [5.74, 6) is 1.40. The van der Waals surface area contributed by atoms with Crippen LogP contribution in [0.4, 0.5) is 0 Å². The summed E-state index contributed by atoms with van der Waals surface area (Å²) < 4.78 is 5.19. The molecule has 0 radical (unpaired) electrons. The number of carbonyl (C=O) groups excluding carboxylic acids is 1. The molecule has 1 aliphatic heterocycles. The van der Waals surface area contributed by atoms with Crippen molar-refractivity contribution >= 4 is 11.5 Å². The van der Waals surface area contributed by atoms with Crippen molar-refractivity contribution in [3.8, 4) is 5.75 Å². The highest BCUT2D eigenvalue weighted by Crippen LogP contribution is 2.27. The van der Waals surface area contributed by atoms with E-state index in [1.165, 1.54) is 11.1 Å². The normalized spacial score (nSPS) is 21.4. The topological polar surface area (TPSA) is 29.5 Å². The van der Waals surface area contributed by atoms with Gasteiger partial charge in [0.05, 0.1) is 7.11 Å². The van der Waals surface area contributed by atoms with E-state index < -0.39 is 0 Å². The quantitative estimate of drug-likeness (QED) is 0.797. The molecular weight excluding hydrogens is 274 g/mol. The Morgan fingerprint density at radius 1 is 1.23 bits per heavy atom. The highest BCUT2D eigenvalue weighted by atomic mass is 16.5. The lowest BCUT2D eigenvalue weighted by Gasteiger charge is -2.30. The molecule has 1 heterocycles. The van der Waals surface area contributed by atoms with Gasteiger partial charge >= 0.3 is 0 Å².